The normalized spacial score (nSPS) is 38.2. The Morgan fingerprint density at radius 1 is 1.35 bits per heavy atom. The first-order valence-electron chi connectivity index (χ1n) is 8.36. The molecule has 0 aromatic heterocycles. The Hall–Kier alpha value is -1.62. The highest BCUT2D eigenvalue weighted by atomic mass is 16.5. The Morgan fingerprint density at radius 2 is 2.13 bits per heavy atom. The number of carbonyl (C=O) groups excluding carboxylic acids is 2. The molecule has 0 amide bonds. The van der Waals surface area contributed by atoms with E-state index in [1.807, 2.05) is 6.92 Å². The summed E-state index contributed by atoms with van der Waals surface area (Å²) < 4.78 is 10.6. The molecule has 0 aromatic rings. The second-order valence-electron chi connectivity index (χ2n) is 6.49. The largest absolute Gasteiger partial charge is 0.463 e. The molecule has 1 N–H and O–H groups in total. The van der Waals surface area contributed by atoms with E-state index in [-0.39, 0.29) is 30.0 Å². The minimum Gasteiger partial charge on any atom is -0.463 e. The summed E-state index contributed by atoms with van der Waals surface area (Å²) >= 11 is 0. The van der Waals surface area contributed by atoms with Gasteiger partial charge in [-0.25, -0.2) is 4.79 Å². The quantitative estimate of drug-likeness (QED) is 0.593. The van der Waals surface area contributed by atoms with Crippen molar-refractivity contribution in [3.8, 4) is 0 Å². The standard InChI is InChI=1S/C18H26O5/c1-12-6-4-3-5-7-14-10-15(23-13(2)19)11-16(14)17(20)8-9-18(21)22-12/h5,7-9,12,14-17,20H,3-4,6,10-11H2,1-2H3/b7-5+,9-8+/t12-,14-,15-,16+,17-/m0/s1. The van der Waals surface area contributed by atoms with E-state index >= 15 is 0 Å². The molecule has 128 valence electrons. The zero-order valence-corrected chi connectivity index (χ0v) is 13.8. The summed E-state index contributed by atoms with van der Waals surface area (Å²) in [6, 6.07) is 0. The van der Waals surface area contributed by atoms with E-state index in [0.29, 0.717) is 12.8 Å². The summed E-state index contributed by atoms with van der Waals surface area (Å²) in [5.41, 5.74) is 0. The molecule has 0 saturated heterocycles. The molecule has 1 fully saturated rings. The highest BCUT2D eigenvalue weighted by Crippen LogP contribution is 2.37. The molecule has 2 rings (SSSR count). The maximum Gasteiger partial charge on any atom is 0.330 e. The number of aliphatic hydroxyl groups excluding tert-OH is 1. The summed E-state index contributed by atoms with van der Waals surface area (Å²) in [4.78, 5) is 22.9. The number of hydrogen-bond donors (Lipinski definition) is 1. The van der Waals surface area contributed by atoms with Gasteiger partial charge in [-0.3, -0.25) is 4.79 Å². The van der Waals surface area contributed by atoms with Gasteiger partial charge < -0.3 is 14.6 Å². The van der Waals surface area contributed by atoms with E-state index in [4.69, 9.17) is 9.47 Å². The van der Waals surface area contributed by atoms with Crippen molar-refractivity contribution in [2.75, 3.05) is 0 Å². The number of aliphatic hydroxyl groups is 1. The Labute approximate surface area is 137 Å². The van der Waals surface area contributed by atoms with Gasteiger partial charge in [0.15, 0.2) is 0 Å². The van der Waals surface area contributed by atoms with Crippen molar-refractivity contribution < 1.29 is 24.2 Å². The van der Waals surface area contributed by atoms with Crippen molar-refractivity contribution in [2.24, 2.45) is 11.8 Å². The number of allylic oxidation sites excluding steroid dienone is 2. The zero-order chi connectivity index (χ0) is 16.8. The van der Waals surface area contributed by atoms with E-state index in [0.717, 1.165) is 19.3 Å². The van der Waals surface area contributed by atoms with E-state index in [1.165, 1.54) is 19.1 Å². The molecule has 1 aliphatic heterocycles. The maximum absolute atomic E-state index is 11.7. The van der Waals surface area contributed by atoms with Crippen LogP contribution in [0.15, 0.2) is 24.3 Å². The summed E-state index contributed by atoms with van der Waals surface area (Å²) in [6.07, 6.45) is 9.99. The van der Waals surface area contributed by atoms with Gasteiger partial charge in [0, 0.05) is 13.0 Å². The minimum atomic E-state index is -0.756. The summed E-state index contributed by atoms with van der Waals surface area (Å²) in [6.45, 7) is 3.28. The molecule has 5 atom stereocenters. The van der Waals surface area contributed by atoms with Gasteiger partial charge in [-0.05, 0) is 56.9 Å². The molecule has 0 bridgehead atoms. The molecule has 0 spiro atoms. The molecule has 2 aliphatic rings. The first kappa shape index (κ1) is 17.7. The van der Waals surface area contributed by atoms with Crippen LogP contribution in [0, 0.1) is 11.8 Å². The third-order valence-corrected chi connectivity index (χ3v) is 4.50. The summed E-state index contributed by atoms with van der Waals surface area (Å²) in [5.74, 6) is -0.628. The molecule has 0 radical (unpaired) electrons. The van der Waals surface area contributed by atoms with Gasteiger partial charge in [-0.2, -0.15) is 0 Å². The first-order valence-corrected chi connectivity index (χ1v) is 8.36. The van der Waals surface area contributed by atoms with Gasteiger partial charge in [-0.1, -0.05) is 12.2 Å². The third kappa shape index (κ3) is 5.50. The van der Waals surface area contributed by atoms with Crippen LogP contribution in [-0.2, 0) is 19.1 Å². The fourth-order valence-electron chi connectivity index (χ4n) is 3.41. The smallest absolute Gasteiger partial charge is 0.330 e. The van der Waals surface area contributed by atoms with Crippen LogP contribution in [0.3, 0.4) is 0 Å². The lowest BCUT2D eigenvalue weighted by atomic mass is 9.90. The van der Waals surface area contributed by atoms with Crippen LogP contribution in [-0.4, -0.2) is 35.4 Å². The van der Waals surface area contributed by atoms with E-state index in [1.54, 1.807) is 0 Å². The van der Waals surface area contributed by atoms with Crippen molar-refractivity contribution in [3.63, 3.8) is 0 Å². The highest BCUT2D eigenvalue weighted by Gasteiger charge is 2.37. The lowest BCUT2D eigenvalue weighted by molar-refractivity contribution is -0.146. The van der Waals surface area contributed by atoms with Crippen molar-refractivity contribution in [1.82, 2.24) is 0 Å². The average molecular weight is 322 g/mol. The van der Waals surface area contributed by atoms with Crippen LogP contribution in [0.5, 0.6) is 0 Å². The highest BCUT2D eigenvalue weighted by molar-refractivity contribution is 5.82. The van der Waals surface area contributed by atoms with Gasteiger partial charge in [0.05, 0.1) is 12.2 Å². The molecule has 5 nitrogen and oxygen atoms in total. The van der Waals surface area contributed by atoms with Crippen molar-refractivity contribution >= 4 is 11.9 Å². The molecule has 23 heavy (non-hydrogen) atoms. The van der Waals surface area contributed by atoms with Crippen LogP contribution in [0.25, 0.3) is 0 Å². The summed E-state index contributed by atoms with van der Waals surface area (Å²) in [5, 5.41) is 10.4. The number of hydrogen-bond acceptors (Lipinski definition) is 5. The van der Waals surface area contributed by atoms with E-state index in [2.05, 4.69) is 12.2 Å². The predicted molar refractivity (Wildman–Crippen MR) is 85.5 cm³/mol. The van der Waals surface area contributed by atoms with Crippen LogP contribution in [0.2, 0.25) is 0 Å². The molecular formula is C18H26O5. The van der Waals surface area contributed by atoms with Gasteiger partial charge in [0.25, 0.3) is 0 Å². The second kappa shape index (κ2) is 8.29. The molecular weight excluding hydrogens is 296 g/mol. The Balaban J connectivity index is 2.11. The Bertz CT molecular complexity index is 482. The summed E-state index contributed by atoms with van der Waals surface area (Å²) in [7, 11) is 0. The predicted octanol–water partition coefficient (Wildman–Crippen LogP) is 2.53. The Morgan fingerprint density at radius 3 is 2.87 bits per heavy atom. The van der Waals surface area contributed by atoms with Gasteiger partial charge in [-0.15, -0.1) is 0 Å². The van der Waals surface area contributed by atoms with Crippen molar-refractivity contribution in [1.29, 1.82) is 0 Å². The van der Waals surface area contributed by atoms with E-state index in [9.17, 15) is 14.7 Å². The van der Waals surface area contributed by atoms with Gasteiger partial charge in [0.2, 0.25) is 0 Å². The van der Waals surface area contributed by atoms with Crippen LogP contribution in [0.1, 0.15) is 46.0 Å². The minimum absolute atomic E-state index is 0.0576. The lowest BCUT2D eigenvalue weighted by Crippen LogP contribution is -2.22. The van der Waals surface area contributed by atoms with Crippen molar-refractivity contribution in [3.05, 3.63) is 24.3 Å². The maximum atomic E-state index is 11.7. The van der Waals surface area contributed by atoms with Gasteiger partial charge >= 0.3 is 11.9 Å². The molecule has 1 aliphatic carbocycles. The fourth-order valence-corrected chi connectivity index (χ4v) is 3.41. The average Bonchev–Trinajstić information content (AvgIpc) is 2.85. The zero-order valence-electron chi connectivity index (χ0n) is 13.8. The fraction of sp³-hybridized carbons (Fsp3) is 0.667. The van der Waals surface area contributed by atoms with Gasteiger partial charge in [0.1, 0.15) is 6.10 Å². The number of fused-ring (bicyclic) bond motifs is 1. The molecule has 0 aromatic carbocycles. The van der Waals surface area contributed by atoms with Crippen LogP contribution in [0.4, 0.5) is 0 Å². The van der Waals surface area contributed by atoms with E-state index < -0.39 is 12.1 Å². The molecule has 1 saturated carbocycles. The number of esters is 2. The number of rotatable bonds is 1. The monoisotopic (exact) mass is 322 g/mol. The Kier molecular flexibility index (Phi) is 6.39. The number of cyclic esters (lactones) is 1. The van der Waals surface area contributed by atoms with Crippen molar-refractivity contribution in [2.45, 2.75) is 64.3 Å². The second-order valence-corrected chi connectivity index (χ2v) is 6.49. The molecule has 1 heterocycles. The SMILES string of the molecule is CC(=O)O[C@@H]1C[C@H]2[C@@H](O)/C=C/C(=O)O[C@@H](C)CCC/C=C/[C@H]2C1. The van der Waals surface area contributed by atoms with Crippen LogP contribution >= 0.6 is 0 Å². The molecule has 5 heteroatoms. The lowest BCUT2D eigenvalue weighted by Gasteiger charge is -2.19. The third-order valence-electron chi connectivity index (χ3n) is 4.50. The first-order chi connectivity index (χ1) is 11.0. The topological polar surface area (TPSA) is 72.8 Å². The molecule has 0 unspecified atom stereocenters. The van der Waals surface area contributed by atoms with Crippen LogP contribution < -0.4 is 0 Å². The number of ether oxygens (including phenoxy) is 2. The number of carbonyl (C=O) groups is 2.